The van der Waals surface area contributed by atoms with Crippen LogP contribution >= 0.6 is 11.6 Å². The Morgan fingerprint density at radius 1 is 1.35 bits per heavy atom. The Hall–Kier alpha value is -0.885. The van der Waals surface area contributed by atoms with Crippen molar-refractivity contribution in [2.24, 2.45) is 5.92 Å². The minimum absolute atomic E-state index is 0.105. The highest BCUT2D eigenvalue weighted by Crippen LogP contribution is 2.50. The molecule has 3 aliphatic heterocycles. The second-order valence-corrected chi connectivity index (χ2v) is 7.42. The van der Waals surface area contributed by atoms with Crippen LogP contribution in [-0.2, 0) is 5.60 Å². The van der Waals surface area contributed by atoms with Crippen molar-refractivity contribution in [3.8, 4) is 5.75 Å². The molecule has 0 amide bonds. The van der Waals surface area contributed by atoms with Crippen molar-refractivity contribution in [2.75, 3.05) is 6.61 Å². The highest BCUT2D eigenvalue weighted by atomic mass is 35.5. The molecule has 4 rings (SSSR count). The molecule has 0 aliphatic carbocycles. The summed E-state index contributed by atoms with van der Waals surface area (Å²) in [7, 11) is -0.427. The molecule has 124 valence electrons. The van der Waals surface area contributed by atoms with Crippen LogP contribution in [0.2, 0.25) is 12.0 Å². The molecule has 8 heteroatoms. The number of aromatic nitrogens is 2. The van der Waals surface area contributed by atoms with Crippen LogP contribution in [-0.4, -0.2) is 50.9 Å². The normalized spacial score (nSPS) is 36.4. The molecule has 0 saturated carbocycles. The first kappa shape index (κ1) is 15.6. The summed E-state index contributed by atoms with van der Waals surface area (Å²) in [5.74, 6) is 0.650. The molecule has 2 unspecified atom stereocenters. The second-order valence-electron chi connectivity index (χ2n) is 7.04. The Morgan fingerprint density at radius 3 is 2.70 bits per heavy atom. The van der Waals surface area contributed by atoms with E-state index in [9.17, 15) is 10.1 Å². The number of halogens is 1. The second kappa shape index (κ2) is 5.58. The lowest BCUT2D eigenvalue weighted by molar-refractivity contribution is -0.0835. The summed E-state index contributed by atoms with van der Waals surface area (Å²) in [5, 5.41) is 29.8. The van der Waals surface area contributed by atoms with Crippen LogP contribution in [0.4, 0.5) is 0 Å². The number of fused-ring (bicyclic) bond motifs is 3. The van der Waals surface area contributed by atoms with Crippen molar-refractivity contribution in [3.63, 3.8) is 0 Å². The number of aliphatic hydroxyl groups is 1. The molecule has 2 N–H and O–H groups in total. The van der Waals surface area contributed by atoms with Gasteiger partial charge in [-0.2, -0.15) is 0 Å². The SMILES string of the molecule is CB(O)N1[C@@H]2CC[C@H]1CC(C1(O)CCOc3cc(Cl)nnc31)C2. The van der Waals surface area contributed by atoms with E-state index in [0.717, 1.165) is 25.7 Å². The lowest BCUT2D eigenvalue weighted by atomic mass is 9.69. The summed E-state index contributed by atoms with van der Waals surface area (Å²) in [4.78, 5) is 2.20. The maximum Gasteiger partial charge on any atom is 0.376 e. The highest BCUT2D eigenvalue weighted by Gasteiger charge is 2.52. The van der Waals surface area contributed by atoms with Gasteiger partial charge < -0.3 is 19.7 Å². The monoisotopic (exact) mass is 337 g/mol. The van der Waals surface area contributed by atoms with Gasteiger partial charge in [0.1, 0.15) is 17.0 Å². The van der Waals surface area contributed by atoms with Crippen LogP contribution in [0.15, 0.2) is 6.07 Å². The molecule has 0 spiro atoms. The molecule has 4 atom stereocenters. The van der Waals surface area contributed by atoms with Crippen LogP contribution < -0.4 is 4.74 Å². The van der Waals surface area contributed by atoms with Crippen molar-refractivity contribution in [2.45, 2.75) is 56.6 Å². The van der Waals surface area contributed by atoms with Crippen LogP contribution in [0.3, 0.4) is 0 Å². The molecule has 4 heterocycles. The summed E-state index contributed by atoms with van der Waals surface area (Å²) in [5.41, 5.74) is -0.500. The van der Waals surface area contributed by atoms with E-state index in [2.05, 4.69) is 15.0 Å². The molecular formula is C15H21BClN3O3. The first-order chi connectivity index (χ1) is 11.0. The first-order valence-electron chi connectivity index (χ1n) is 8.33. The Labute approximate surface area is 140 Å². The fourth-order valence-electron chi connectivity index (χ4n) is 4.81. The van der Waals surface area contributed by atoms with Crippen molar-refractivity contribution >= 4 is 18.7 Å². The van der Waals surface area contributed by atoms with Crippen LogP contribution in [0.5, 0.6) is 5.75 Å². The average Bonchev–Trinajstić information content (AvgIpc) is 2.78. The highest BCUT2D eigenvalue weighted by molar-refractivity contribution is 6.45. The van der Waals surface area contributed by atoms with E-state index in [1.807, 2.05) is 6.82 Å². The molecule has 0 aromatic carbocycles. The maximum atomic E-state index is 11.4. The predicted molar refractivity (Wildman–Crippen MR) is 86.3 cm³/mol. The molecule has 1 aromatic rings. The average molecular weight is 338 g/mol. The standard InChI is InChI=1S/C15H21BClN3O3/c1-16(22)20-10-2-3-11(20)7-9(6-10)15(21)4-5-23-12-8-13(17)18-19-14(12)15/h8-11,21-22H,2-7H2,1H3/t9?,10-,11+,15?. The first-order valence-corrected chi connectivity index (χ1v) is 8.71. The lowest BCUT2D eigenvalue weighted by Crippen LogP contribution is -2.54. The molecule has 3 aliphatic rings. The van der Waals surface area contributed by atoms with Gasteiger partial charge in [-0.25, -0.2) is 0 Å². The van der Waals surface area contributed by atoms with Crippen LogP contribution in [0.1, 0.15) is 37.8 Å². The molecule has 2 fully saturated rings. The largest absolute Gasteiger partial charge is 0.491 e. The third kappa shape index (κ3) is 2.45. The fourth-order valence-corrected chi connectivity index (χ4v) is 4.95. The van der Waals surface area contributed by atoms with Crippen LogP contribution in [0, 0.1) is 5.92 Å². The van der Waals surface area contributed by atoms with Gasteiger partial charge in [-0.1, -0.05) is 11.6 Å². The number of rotatable bonds is 2. The van der Waals surface area contributed by atoms with Gasteiger partial charge in [-0.15, -0.1) is 10.2 Å². The minimum Gasteiger partial charge on any atom is -0.491 e. The third-order valence-corrected chi connectivity index (χ3v) is 5.96. The quantitative estimate of drug-likeness (QED) is 0.795. The van der Waals surface area contributed by atoms with Gasteiger partial charge in [0, 0.05) is 24.6 Å². The van der Waals surface area contributed by atoms with Gasteiger partial charge in [0.2, 0.25) is 0 Å². The Morgan fingerprint density at radius 2 is 2.04 bits per heavy atom. The fraction of sp³-hybridized carbons (Fsp3) is 0.733. The van der Waals surface area contributed by atoms with E-state index < -0.39 is 12.7 Å². The van der Waals surface area contributed by atoms with Gasteiger partial charge in [-0.3, -0.25) is 0 Å². The summed E-state index contributed by atoms with van der Waals surface area (Å²) < 4.78 is 5.62. The zero-order valence-corrected chi connectivity index (χ0v) is 13.9. The molecule has 23 heavy (non-hydrogen) atoms. The topological polar surface area (TPSA) is 78.7 Å². The van der Waals surface area contributed by atoms with Gasteiger partial charge in [-0.05, 0) is 38.4 Å². The number of nitrogens with zero attached hydrogens (tertiary/aromatic N) is 3. The van der Waals surface area contributed by atoms with Crippen molar-refractivity contribution < 1.29 is 14.9 Å². The molecule has 2 bridgehead atoms. The van der Waals surface area contributed by atoms with Crippen molar-refractivity contribution in [3.05, 3.63) is 16.9 Å². The van der Waals surface area contributed by atoms with Crippen molar-refractivity contribution in [1.29, 1.82) is 0 Å². The molecule has 0 radical (unpaired) electrons. The lowest BCUT2D eigenvalue weighted by Gasteiger charge is -2.46. The van der Waals surface area contributed by atoms with E-state index in [4.69, 9.17) is 16.3 Å². The van der Waals surface area contributed by atoms with Gasteiger partial charge >= 0.3 is 7.05 Å². The van der Waals surface area contributed by atoms with E-state index in [-0.39, 0.29) is 11.1 Å². The van der Waals surface area contributed by atoms with Gasteiger partial charge in [0.25, 0.3) is 0 Å². The Kier molecular flexibility index (Phi) is 3.80. The number of piperidine rings is 1. The molecule has 6 nitrogen and oxygen atoms in total. The zero-order valence-electron chi connectivity index (χ0n) is 13.2. The van der Waals surface area contributed by atoms with E-state index >= 15 is 0 Å². The summed E-state index contributed by atoms with van der Waals surface area (Å²) in [6, 6.07) is 2.29. The summed E-state index contributed by atoms with van der Waals surface area (Å²) >= 11 is 5.90. The third-order valence-electron chi connectivity index (χ3n) is 5.78. The Balaban J connectivity index is 1.65. The smallest absolute Gasteiger partial charge is 0.376 e. The van der Waals surface area contributed by atoms with E-state index in [1.54, 1.807) is 6.07 Å². The number of hydrogen-bond donors (Lipinski definition) is 2. The van der Waals surface area contributed by atoms with Crippen LogP contribution in [0.25, 0.3) is 0 Å². The molecule has 2 saturated heterocycles. The Bertz CT molecular complexity index is 606. The molecular weight excluding hydrogens is 316 g/mol. The van der Waals surface area contributed by atoms with E-state index in [0.29, 0.717) is 36.6 Å². The summed E-state index contributed by atoms with van der Waals surface area (Å²) in [6.07, 6.45) is 4.41. The number of ether oxygens (including phenoxy) is 1. The molecule has 1 aromatic heterocycles. The van der Waals surface area contributed by atoms with E-state index in [1.165, 1.54) is 0 Å². The number of hydrogen-bond acceptors (Lipinski definition) is 6. The minimum atomic E-state index is -1.02. The maximum absolute atomic E-state index is 11.4. The van der Waals surface area contributed by atoms with Gasteiger partial charge in [0.05, 0.1) is 6.61 Å². The van der Waals surface area contributed by atoms with Gasteiger partial charge in [0.15, 0.2) is 5.15 Å². The van der Waals surface area contributed by atoms with Crippen molar-refractivity contribution in [1.82, 2.24) is 15.0 Å². The zero-order chi connectivity index (χ0) is 16.2. The predicted octanol–water partition coefficient (Wildman–Crippen LogP) is 1.45. The summed E-state index contributed by atoms with van der Waals surface area (Å²) in [6.45, 7) is 2.29.